The fourth-order valence-corrected chi connectivity index (χ4v) is 3.87. The molecule has 0 saturated carbocycles. The quantitative estimate of drug-likeness (QED) is 0.323. The van der Waals surface area contributed by atoms with Gasteiger partial charge in [0.25, 0.3) is 5.91 Å². The number of esters is 1. The van der Waals surface area contributed by atoms with Crippen molar-refractivity contribution < 1.29 is 32.2 Å². The van der Waals surface area contributed by atoms with E-state index in [1.54, 1.807) is 29.2 Å². The monoisotopic (exact) mass is 492 g/mol. The Bertz CT molecular complexity index is 1110. The average molecular weight is 492 g/mol. The molecule has 2 heterocycles. The van der Waals surface area contributed by atoms with Gasteiger partial charge in [-0.3, -0.25) is 4.79 Å². The lowest BCUT2D eigenvalue weighted by Gasteiger charge is -2.38. The number of aromatic nitrogens is 3. The van der Waals surface area contributed by atoms with E-state index >= 15 is 0 Å². The smallest absolute Gasteiger partial charge is 0.450 e. The number of allylic oxidation sites excluding steroid dienone is 1. The summed E-state index contributed by atoms with van der Waals surface area (Å²) < 4.78 is 50.8. The molecule has 1 aliphatic heterocycles. The molecule has 1 aromatic heterocycles. The minimum atomic E-state index is -4.92. The van der Waals surface area contributed by atoms with Gasteiger partial charge in [-0.1, -0.05) is 18.7 Å². The van der Waals surface area contributed by atoms with Crippen molar-refractivity contribution >= 4 is 11.9 Å². The molecule has 1 saturated heterocycles. The highest BCUT2D eigenvalue weighted by Gasteiger charge is 2.42. The third kappa shape index (κ3) is 5.90. The zero-order valence-corrected chi connectivity index (χ0v) is 19.7. The number of nitrogens with zero attached hydrogens (tertiary/aromatic N) is 4. The molecular formula is C24H27F3N4O4. The van der Waals surface area contributed by atoms with E-state index in [4.69, 9.17) is 4.74 Å². The molecule has 0 bridgehead atoms. The zero-order valence-electron chi connectivity index (χ0n) is 19.7. The summed E-state index contributed by atoms with van der Waals surface area (Å²) in [4.78, 5) is 28.3. The van der Waals surface area contributed by atoms with Crippen LogP contribution in [0.25, 0.3) is 5.69 Å². The Morgan fingerprint density at radius 2 is 1.83 bits per heavy atom. The topological polar surface area (TPSA) is 86.5 Å². The van der Waals surface area contributed by atoms with Gasteiger partial charge in [-0.2, -0.15) is 28.2 Å². The van der Waals surface area contributed by atoms with Gasteiger partial charge in [0.2, 0.25) is 5.76 Å². The van der Waals surface area contributed by atoms with Crippen LogP contribution in [0.4, 0.5) is 13.2 Å². The minimum absolute atomic E-state index is 0.0740. The first-order chi connectivity index (χ1) is 16.5. The number of amides is 1. The third-order valence-corrected chi connectivity index (χ3v) is 5.78. The van der Waals surface area contributed by atoms with Crippen molar-refractivity contribution in [3.8, 4) is 5.69 Å². The van der Waals surface area contributed by atoms with Gasteiger partial charge < -0.3 is 14.4 Å². The lowest BCUT2D eigenvalue weighted by atomic mass is 9.91. The molecule has 1 aromatic carbocycles. The van der Waals surface area contributed by atoms with Crippen LogP contribution in [0, 0.1) is 5.92 Å². The lowest BCUT2D eigenvalue weighted by Crippen LogP contribution is -2.46. The normalized spacial score (nSPS) is 19.1. The van der Waals surface area contributed by atoms with E-state index in [-0.39, 0.29) is 30.9 Å². The molecule has 2 atom stereocenters. The predicted molar refractivity (Wildman–Crippen MR) is 120 cm³/mol. The number of benzene rings is 1. The van der Waals surface area contributed by atoms with Crippen LogP contribution >= 0.6 is 0 Å². The second kappa shape index (κ2) is 10.7. The van der Waals surface area contributed by atoms with Crippen LogP contribution in [0.2, 0.25) is 0 Å². The van der Waals surface area contributed by atoms with Gasteiger partial charge in [0, 0.05) is 18.5 Å². The van der Waals surface area contributed by atoms with Crippen LogP contribution in [0.5, 0.6) is 0 Å². The highest BCUT2D eigenvalue weighted by atomic mass is 19.4. The zero-order chi connectivity index (χ0) is 25.8. The molecule has 2 aromatic rings. The Morgan fingerprint density at radius 3 is 2.46 bits per heavy atom. The number of carbonyl (C=O) groups excluding carboxylic acids is 2. The van der Waals surface area contributed by atoms with Crippen LogP contribution in [-0.4, -0.2) is 57.1 Å². The first kappa shape index (κ1) is 26.0. The van der Waals surface area contributed by atoms with Crippen molar-refractivity contribution in [2.75, 3.05) is 13.2 Å². The van der Waals surface area contributed by atoms with Crippen LogP contribution < -0.4 is 0 Å². The Kier molecular flexibility index (Phi) is 7.98. The number of rotatable bonds is 7. The lowest BCUT2D eigenvalue weighted by molar-refractivity contribution is -0.144. The molecular weight excluding hydrogens is 465 g/mol. The number of ether oxygens (including phenoxy) is 2. The van der Waals surface area contributed by atoms with Gasteiger partial charge in [-0.25, -0.2) is 4.79 Å². The van der Waals surface area contributed by atoms with Crippen LogP contribution in [0.1, 0.15) is 44.0 Å². The second-order valence-corrected chi connectivity index (χ2v) is 8.16. The summed E-state index contributed by atoms with van der Waals surface area (Å²) in [6.07, 6.45) is -0.941. The third-order valence-electron chi connectivity index (χ3n) is 5.78. The van der Waals surface area contributed by atoms with E-state index in [1.807, 2.05) is 6.92 Å². The number of hydrogen-bond acceptors (Lipinski definition) is 6. The number of halogens is 3. The highest BCUT2D eigenvalue weighted by molar-refractivity contribution is 5.98. The predicted octanol–water partition coefficient (Wildman–Crippen LogP) is 4.44. The van der Waals surface area contributed by atoms with Crippen molar-refractivity contribution in [3.05, 3.63) is 65.9 Å². The van der Waals surface area contributed by atoms with Crippen molar-refractivity contribution in [1.82, 2.24) is 19.9 Å². The van der Waals surface area contributed by atoms with Gasteiger partial charge in [-0.15, -0.1) is 0 Å². The molecule has 0 radical (unpaired) electrons. The number of carbonyl (C=O) groups is 2. The first-order valence-electron chi connectivity index (χ1n) is 11.1. The van der Waals surface area contributed by atoms with Crippen molar-refractivity contribution in [3.63, 3.8) is 0 Å². The van der Waals surface area contributed by atoms with Gasteiger partial charge in [0.1, 0.15) is 5.76 Å². The minimum Gasteiger partial charge on any atom is -0.463 e. The molecule has 35 heavy (non-hydrogen) atoms. The molecule has 188 valence electrons. The molecule has 11 heteroatoms. The molecule has 1 aliphatic rings. The number of alkyl halides is 3. The standard InChI is InChI=1S/C24H27F3N4O4/c1-5-34-23(33)16(3)21(24(25,26)27)35-17(4)18-11-10-15(2)30(14-18)22(32)19-8-6-7-9-20(19)31-28-12-13-29-31/h6-9,12-13,15,18H,4-5,10-11,14H2,1-3H3/b21-16+/t15-,18-/m1/s1. The summed E-state index contributed by atoms with van der Waals surface area (Å²) in [5.74, 6) is -3.64. The fourth-order valence-electron chi connectivity index (χ4n) is 3.87. The summed E-state index contributed by atoms with van der Waals surface area (Å²) in [5, 5.41) is 8.18. The molecule has 0 aliphatic carbocycles. The van der Waals surface area contributed by atoms with Gasteiger partial charge >= 0.3 is 12.1 Å². The second-order valence-electron chi connectivity index (χ2n) is 8.16. The Hall–Kier alpha value is -3.63. The van der Waals surface area contributed by atoms with E-state index in [9.17, 15) is 22.8 Å². The molecule has 1 fully saturated rings. The molecule has 1 amide bonds. The van der Waals surface area contributed by atoms with E-state index in [0.717, 1.165) is 6.92 Å². The molecule has 0 spiro atoms. The summed E-state index contributed by atoms with van der Waals surface area (Å²) >= 11 is 0. The number of para-hydroxylation sites is 1. The summed E-state index contributed by atoms with van der Waals surface area (Å²) in [6, 6.07) is 6.66. The maximum atomic E-state index is 13.7. The maximum Gasteiger partial charge on any atom is 0.450 e. The highest BCUT2D eigenvalue weighted by Crippen LogP contribution is 2.35. The largest absolute Gasteiger partial charge is 0.463 e. The van der Waals surface area contributed by atoms with E-state index in [2.05, 4.69) is 21.5 Å². The van der Waals surface area contributed by atoms with Gasteiger partial charge in [-0.05, 0) is 45.7 Å². The van der Waals surface area contributed by atoms with E-state index < -0.39 is 29.4 Å². The van der Waals surface area contributed by atoms with Crippen molar-refractivity contribution in [2.45, 2.75) is 45.8 Å². The van der Waals surface area contributed by atoms with Gasteiger partial charge in [0.15, 0.2) is 0 Å². The Labute approximate surface area is 201 Å². The van der Waals surface area contributed by atoms with Crippen LogP contribution in [0.3, 0.4) is 0 Å². The maximum absolute atomic E-state index is 13.7. The average Bonchev–Trinajstić information content (AvgIpc) is 3.36. The van der Waals surface area contributed by atoms with Crippen molar-refractivity contribution in [1.29, 1.82) is 0 Å². The van der Waals surface area contributed by atoms with Crippen molar-refractivity contribution in [2.24, 2.45) is 5.92 Å². The van der Waals surface area contributed by atoms with E-state index in [1.165, 1.54) is 24.1 Å². The molecule has 8 nitrogen and oxygen atoms in total. The number of likely N-dealkylation sites (tertiary alicyclic amines) is 1. The molecule has 3 rings (SSSR count). The Balaban J connectivity index is 1.83. The van der Waals surface area contributed by atoms with E-state index in [0.29, 0.717) is 24.1 Å². The fraction of sp³-hybridized carbons (Fsp3) is 0.417. The Morgan fingerprint density at radius 1 is 1.17 bits per heavy atom. The molecule has 0 N–H and O–H groups in total. The van der Waals surface area contributed by atoms with Crippen LogP contribution in [0.15, 0.2) is 60.3 Å². The SMILES string of the molecule is C=C(O/C(=C(\C)C(=O)OCC)C(F)(F)F)[C@@H]1CC[C@@H](C)N(C(=O)c2ccccc2-n2nccn2)C1. The molecule has 0 unspecified atom stereocenters. The number of hydrogen-bond donors (Lipinski definition) is 0. The number of piperidine rings is 1. The van der Waals surface area contributed by atoms with Gasteiger partial charge in [0.05, 0.1) is 35.8 Å². The van der Waals surface area contributed by atoms with Crippen LogP contribution in [-0.2, 0) is 14.3 Å². The summed E-state index contributed by atoms with van der Waals surface area (Å²) in [7, 11) is 0. The summed E-state index contributed by atoms with van der Waals surface area (Å²) in [5.41, 5.74) is 0.147. The first-order valence-corrected chi connectivity index (χ1v) is 11.1. The summed E-state index contributed by atoms with van der Waals surface area (Å²) in [6.45, 7) is 8.09.